The van der Waals surface area contributed by atoms with Gasteiger partial charge in [-0.05, 0) is 43.5 Å². The van der Waals surface area contributed by atoms with E-state index in [0.717, 1.165) is 43.6 Å². The normalized spacial score (nSPS) is 12.5. The maximum Gasteiger partial charge on any atom is 0.254 e. The van der Waals surface area contributed by atoms with Gasteiger partial charge in [-0.25, -0.2) is 0 Å². The van der Waals surface area contributed by atoms with Gasteiger partial charge in [0.1, 0.15) is 11.5 Å². The molecule has 178 valence electrons. The summed E-state index contributed by atoms with van der Waals surface area (Å²) in [5.74, 6) is 1.56. The molecule has 0 aliphatic rings. The number of para-hydroxylation sites is 2. The third-order valence-electron chi connectivity index (χ3n) is 6.38. The van der Waals surface area contributed by atoms with Gasteiger partial charge >= 0.3 is 0 Å². The Balaban J connectivity index is 2.29. The average Bonchev–Trinajstić information content (AvgIpc) is 2.83. The second kappa shape index (κ2) is 15.8. The van der Waals surface area contributed by atoms with E-state index in [2.05, 4.69) is 69.3 Å². The van der Waals surface area contributed by atoms with Crippen LogP contribution in [0.3, 0.4) is 0 Å². The average molecular weight is 439 g/mol. The number of rotatable bonds is 18. The molecule has 1 unspecified atom stereocenters. The summed E-state index contributed by atoms with van der Waals surface area (Å²) in [4.78, 5) is 0. The van der Waals surface area contributed by atoms with Gasteiger partial charge in [0.05, 0.1) is 0 Å². The number of ether oxygens (including phenoxy) is 2. The fourth-order valence-electron chi connectivity index (χ4n) is 4.50. The molecule has 0 aliphatic carbocycles. The van der Waals surface area contributed by atoms with E-state index in [-0.39, 0.29) is 0 Å². The van der Waals surface area contributed by atoms with Crippen molar-refractivity contribution in [1.29, 1.82) is 0 Å². The Labute approximate surface area is 197 Å². The highest BCUT2D eigenvalue weighted by Crippen LogP contribution is 2.38. The van der Waals surface area contributed by atoms with Crippen LogP contribution in [0.15, 0.2) is 60.7 Å². The predicted molar refractivity (Wildman–Crippen MR) is 137 cm³/mol. The zero-order valence-electron chi connectivity index (χ0n) is 20.9. The lowest BCUT2D eigenvalue weighted by molar-refractivity contribution is -0.167. The van der Waals surface area contributed by atoms with E-state index in [1.54, 1.807) is 0 Å². The van der Waals surface area contributed by atoms with Gasteiger partial charge in [0.15, 0.2) is 0 Å². The molecule has 0 aliphatic heterocycles. The summed E-state index contributed by atoms with van der Waals surface area (Å²) in [6.07, 6.45) is 15.8. The third-order valence-corrected chi connectivity index (χ3v) is 6.38. The smallest absolute Gasteiger partial charge is 0.254 e. The van der Waals surface area contributed by atoms with E-state index in [9.17, 15) is 0 Å². The van der Waals surface area contributed by atoms with Gasteiger partial charge in [0.25, 0.3) is 5.79 Å². The van der Waals surface area contributed by atoms with Gasteiger partial charge in [-0.15, -0.1) is 0 Å². The van der Waals surface area contributed by atoms with E-state index in [1.807, 2.05) is 12.1 Å². The quantitative estimate of drug-likeness (QED) is 0.170. The second-order valence-corrected chi connectivity index (χ2v) is 9.14. The summed E-state index contributed by atoms with van der Waals surface area (Å²) in [6.45, 7) is 6.82. The van der Waals surface area contributed by atoms with Crippen LogP contribution in [-0.2, 0) is 0 Å². The Kier molecular flexibility index (Phi) is 13.0. The van der Waals surface area contributed by atoms with Crippen LogP contribution in [0.25, 0.3) is 0 Å². The first kappa shape index (κ1) is 26.3. The monoisotopic (exact) mass is 438 g/mol. The maximum absolute atomic E-state index is 6.84. The van der Waals surface area contributed by atoms with Crippen molar-refractivity contribution in [3.8, 4) is 11.5 Å². The topological polar surface area (TPSA) is 18.5 Å². The van der Waals surface area contributed by atoms with Crippen molar-refractivity contribution in [3.05, 3.63) is 60.7 Å². The molecule has 2 aromatic rings. The molecule has 2 rings (SSSR count). The lowest BCUT2D eigenvalue weighted by atomic mass is 9.84. The molecule has 0 heterocycles. The highest BCUT2D eigenvalue weighted by atomic mass is 16.7. The van der Waals surface area contributed by atoms with E-state index in [4.69, 9.17) is 9.47 Å². The summed E-state index contributed by atoms with van der Waals surface area (Å²) in [7, 11) is 0. The first-order chi connectivity index (χ1) is 15.7. The molecule has 0 N–H and O–H groups in total. The Morgan fingerprint density at radius 3 is 1.56 bits per heavy atom. The molecule has 0 saturated carbocycles. The number of unbranched alkanes of at least 4 members (excludes halogenated alkanes) is 7. The Morgan fingerprint density at radius 2 is 1.03 bits per heavy atom. The SMILES string of the molecule is CCCCCCCCC(CCCC)C(CCCC)(Oc1ccccc1)Oc1ccccc1. The molecule has 0 saturated heterocycles. The molecular weight excluding hydrogens is 392 g/mol. The van der Waals surface area contributed by atoms with Crippen molar-refractivity contribution in [2.75, 3.05) is 0 Å². The van der Waals surface area contributed by atoms with Gasteiger partial charge in [-0.2, -0.15) is 0 Å². The summed E-state index contributed by atoms with van der Waals surface area (Å²) >= 11 is 0. The fourth-order valence-corrected chi connectivity index (χ4v) is 4.50. The Morgan fingerprint density at radius 1 is 0.562 bits per heavy atom. The van der Waals surface area contributed by atoms with E-state index in [1.165, 1.54) is 51.4 Å². The van der Waals surface area contributed by atoms with Crippen LogP contribution in [-0.4, -0.2) is 5.79 Å². The minimum absolute atomic E-state index is 0.376. The Hall–Kier alpha value is -1.96. The molecule has 0 amide bonds. The van der Waals surface area contributed by atoms with Crippen molar-refractivity contribution < 1.29 is 9.47 Å². The van der Waals surface area contributed by atoms with Crippen LogP contribution in [0, 0.1) is 5.92 Å². The predicted octanol–water partition coefficient (Wildman–Crippen LogP) is 9.59. The molecule has 32 heavy (non-hydrogen) atoms. The number of benzene rings is 2. The van der Waals surface area contributed by atoms with Crippen molar-refractivity contribution >= 4 is 0 Å². The second-order valence-electron chi connectivity index (χ2n) is 9.14. The number of hydrogen-bond acceptors (Lipinski definition) is 2. The molecule has 0 fully saturated rings. The van der Waals surface area contributed by atoms with Crippen molar-refractivity contribution in [1.82, 2.24) is 0 Å². The van der Waals surface area contributed by atoms with Gasteiger partial charge in [-0.1, -0.05) is 115 Å². The first-order valence-corrected chi connectivity index (χ1v) is 13.2. The van der Waals surface area contributed by atoms with Crippen LogP contribution in [0.1, 0.15) is 104 Å². The summed E-state index contributed by atoms with van der Waals surface area (Å²) in [5, 5.41) is 0. The molecular formula is C30H46O2. The molecule has 1 atom stereocenters. The lowest BCUT2D eigenvalue weighted by Crippen LogP contribution is -2.49. The molecule has 2 nitrogen and oxygen atoms in total. The van der Waals surface area contributed by atoms with Gasteiger partial charge in [-0.3, -0.25) is 0 Å². The van der Waals surface area contributed by atoms with Crippen LogP contribution < -0.4 is 9.47 Å². The molecule has 0 bridgehead atoms. The fraction of sp³-hybridized carbons (Fsp3) is 0.600. The number of hydrogen-bond donors (Lipinski definition) is 0. The summed E-state index contributed by atoms with van der Waals surface area (Å²) in [5.41, 5.74) is 0. The van der Waals surface area contributed by atoms with Crippen molar-refractivity contribution in [2.24, 2.45) is 5.92 Å². The summed E-state index contributed by atoms with van der Waals surface area (Å²) in [6, 6.07) is 20.6. The van der Waals surface area contributed by atoms with Crippen molar-refractivity contribution in [2.45, 2.75) is 110 Å². The van der Waals surface area contributed by atoms with E-state index in [0.29, 0.717) is 5.92 Å². The Bertz CT molecular complexity index is 641. The lowest BCUT2D eigenvalue weighted by Gasteiger charge is -2.41. The standard InChI is InChI=1S/C30H46O2/c1-4-7-10-11-12-15-21-27(20-8-5-2)30(26-9-6-3,31-28-22-16-13-17-23-28)32-29-24-18-14-19-25-29/h13-14,16-19,22-25,27H,4-12,15,20-21,26H2,1-3H3. The molecule has 0 spiro atoms. The molecule has 0 radical (unpaired) electrons. The largest absolute Gasteiger partial charge is 0.452 e. The van der Waals surface area contributed by atoms with Crippen LogP contribution >= 0.6 is 0 Å². The van der Waals surface area contributed by atoms with Gasteiger partial charge in [0.2, 0.25) is 0 Å². The maximum atomic E-state index is 6.84. The zero-order chi connectivity index (χ0) is 22.9. The van der Waals surface area contributed by atoms with E-state index >= 15 is 0 Å². The minimum atomic E-state index is -0.628. The van der Waals surface area contributed by atoms with Crippen LogP contribution in [0.4, 0.5) is 0 Å². The van der Waals surface area contributed by atoms with Gasteiger partial charge < -0.3 is 9.47 Å². The summed E-state index contributed by atoms with van der Waals surface area (Å²) < 4.78 is 13.7. The molecule has 0 aromatic heterocycles. The minimum Gasteiger partial charge on any atom is -0.452 e. The highest BCUT2D eigenvalue weighted by molar-refractivity contribution is 5.24. The molecule has 2 aromatic carbocycles. The van der Waals surface area contributed by atoms with E-state index < -0.39 is 5.79 Å². The van der Waals surface area contributed by atoms with Crippen LogP contribution in [0.2, 0.25) is 0 Å². The third kappa shape index (κ3) is 9.27. The van der Waals surface area contributed by atoms with Crippen LogP contribution in [0.5, 0.6) is 11.5 Å². The molecule has 2 heteroatoms. The van der Waals surface area contributed by atoms with Gasteiger partial charge in [0, 0.05) is 12.3 Å². The zero-order valence-corrected chi connectivity index (χ0v) is 20.9. The highest BCUT2D eigenvalue weighted by Gasteiger charge is 2.42. The first-order valence-electron chi connectivity index (χ1n) is 13.2. The van der Waals surface area contributed by atoms with Crippen molar-refractivity contribution in [3.63, 3.8) is 0 Å².